The van der Waals surface area contributed by atoms with Crippen LogP contribution < -0.4 is 5.32 Å². The molecule has 1 unspecified atom stereocenters. The molecule has 1 saturated heterocycles. The molecule has 3 rings (SSSR count). The lowest BCUT2D eigenvalue weighted by Crippen LogP contribution is -2.32. The predicted molar refractivity (Wildman–Crippen MR) is 82.4 cm³/mol. The summed E-state index contributed by atoms with van der Waals surface area (Å²) in [4.78, 5) is 11.8. The van der Waals surface area contributed by atoms with Gasteiger partial charge in [0.15, 0.2) is 5.76 Å². The van der Waals surface area contributed by atoms with Gasteiger partial charge in [-0.05, 0) is 37.1 Å². The molecule has 2 aromatic heterocycles. The summed E-state index contributed by atoms with van der Waals surface area (Å²) in [6, 6.07) is 7.30. The highest BCUT2D eigenvalue weighted by molar-refractivity contribution is 7.99. The monoisotopic (exact) mass is 319 g/mol. The minimum Gasteiger partial charge on any atom is -0.463 e. The number of furan rings is 1. The van der Waals surface area contributed by atoms with Crippen LogP contribution in [0.2, 0.25) is 0 Å². The molecular formula is C15H17N3O3S. The maximum Gasteiger partial charge on any atom is 0.230 e. The molecule has 7 heteroatoms. The van der Waals surface area contributed by atoms with Gasteiger partial charge in [0.05, 0.1) is 18.1 Å². The van der Waals surface area contributed by atoms with Crippen LogP contribution in [0.15, 0.2) is 40.0 Å². The Balaban J connectivity index is 1.43. The number of hydrogen-bond donors (Lipinski definition) is 1. The third kappa shape index (κ3) is 4.08. The van der Waals surface area contributed by atoms with Crippen LogP contribution in [0.5, 0.6) is 0 Å². The number of nitrogens with zero attached hydrogens (tertiary/aromatic N) is 2. The first-order valence-electron chi connectivity index (χ1n) is 7.20. The van der Waals surface area contributed by atoms with Crippen LogP contribution in [0.1, 0.15) is 12.8 Å². The first-order chi connectivity index (χ1) is 10.8. The number of ether oxygens (including phenoxy) is 1. The van der Waals surface area contributed by atoms with E-state index in [0.717, 1.165) is 19.4 Å². The molecule has 0 spiro atoms. The Morgan fingerprint density at radius 2 is 2.32 bits per heavy atom. The fourth-order valence-electron chi connectivity index (χ4n) is 2.18. The second-order valence-corrected chi connectivity index (χ2v) is 5.96. The van der Waals surface area contributed by atoms with Crippen molar-refractivity contribution >= 4 is 17.7 Å². The maximum absolute atomic E-state index is 11.8. The molecule has 1 atom stereocenters. The molecule has 2 aromatic rings. The van der Waals surface area contributed by atoms with Crippen molar-refractivity contribution in [1.29, 1.82) is 0 Å². The zero-order valence-electron chi connectivity index (χ0n) is 12.0. The Bertz CT molecular complexity index is 595. The number of hydrogen-bond acceptors (Lipinski definition) is 6. The summed E-state index contributed by atoms with van der Waals surface area (Å²) in [5, 5.41) is 11.8. The normalized spacial score (nSPS) is 17.5. The van der Waals surface area contributed by atoms with Gasteiger partial charge in [-0.3, -0.25) is 4.79 Å². The van der Waals surface area contributed by atoms with Gasteiger partial charge in [-0.2, -0.15) is 0 Å². The van der Waals surface area contributed by atoms with Crippen LogP contribution in [0, 0.1) is 0 Å². The Hall–Kier alpha value is -1.86. The zero-order valence-corrected chi connectivity index (χ0v) is 12.8. The van der Waals surface area contributed by atoms with Crippen molar-refractivity contribution in [3.05, 3.63) is 30.5 Å². The lowest BCUT2D eigenvalue weighted by atomic mass is 10.2. The van der Waals surface area contributed by atoms with E-state index in [1.165, 1.54) is 11.8 Å². The van der Waals surface area contributed by atoms with Gasteiger partial charge >= 0.3 is 0 Å². The Morgan fingerprint density at radius 3 is 3.00 bits per heavy atom. The standard InChI is InChI=1S/C15H17N3O3S/c19-14(16-9-11-3-1-7-20-11)10-22-15-6-5-12(17-18-15)13-4-2-8-21-13/h2,4-6,8,11H,1,3,7,9-10H2,(H,16,19). The average Bonchev–Trinajstić information content (AvgIpc) is 3.24. The number of carbonyl (C=O) groups excluding carboxylic acids is 1. The summed E-state index contributed by atoms with van der Waals surface area (Å²) >= 11 is 1.36. The van der Waals surface area contributed by atoms with E-state index >= 15 is 0 Å². The highest BCUT2D eigenvalue weighted by Gasteiger charge is 2.16. The first kappa shape index (κ1) is 15.1. The van der Waals surface area contributed by atoms with Crippen LogP contribution in [0.4, 0.5) is 0 Å². The minimum atomic E-state index is -0.0163. The number of carbonyl (C=O) groups is 1. The fraction of sp³-hybridized carbons (Fsp3) is 0.400. The van der Waals surface area contributed by atoms with Crippen LogP contribution in [0.3, 0.4) is 0 Å². The van der Waals surface area contributed by atoms with Crippen molar-refractivity contribution in [1.82, 2.24) is 15.5 Å². The first-order valence-corrected chi connectivity index (χ1v) is 8.18. The molecular weight excluding hydrogens is 302 g/mol. The highest BCUT2D eigenvalue weighted by Crippen LogP contribution is 2.19. The zero-order chi connectivity index (χ0) is 15.2. The summed E-state index contributed by atoms with van der Waals surface area (Å²) < 4.78 is 10.7. The lowest BCUT2D eigenvalue weighted by molar-refractivity contribution is -0.119. The smallest absolute Gasteiger partial charge is 0.230 e. The summed E-state index contributed by atoms with van der Waals surface area (Å²) in [5.74, 6) is 0.984. The number of amides is 1. The highest BCUT2D eigenvalue weighted by atomic mass is 32.2. The summed E-state index contributed by atoms with van der Waals surface area (Å²) in [5.41, 5.74) is 0.678. The number of thioether (sulfide) groups is 1. The molecule has 0 bridgehead atoms. The molecule has 6 nitrogen and oxygen atoms in total. The van der Waals surface area contributed by atoms with E-state index in [4.69, 9.17) is 9.15 Å². The van der Waals surface area contributed by atoms with Gasteiger partial charge in [-0.15, -0.1) is 10.2 Å². The van der Waals surface area contributed by atoms with Crippen LogP contribution in [-0.4, -0.2) is 41.1 Å². The number of aromatic nitrogens is 2. The SMILES string of the molecule is O=C(CSc1ccc(-c2ccco2)nn1)NCC1CCCO1. The number of nitrogens with one attached hydrogen (secondary N) is 1. The van der Waals surface area contributed by atoms with E-state index in [1.54, 1.807) is 12.3 Å². The summed E-state index contributed by atoms with van der Waals surface area (Å²) in [6.45, 7) is 1.38. The van der Waals surface area contributed by atoms with Gasteiger partial charge in [0.1, 0.15) is 10.7 Å². The van der Waals surface area contributed by atoms with E-state index in [9.17, 15) is 4.79 Å². The van der Waals surface area contributed by atoms with Crippen molar-refractivity contribution in [2.45, 2.75) is 24.0 Å². The van der Waals surface area contributed by atoms with E-state index in [2.05, 4.69) is 15.5 Å². The predicted octanol–water partition coefficient (Wildman–Crippen LogP) is 2.12. The second-order valence-electron chi connectivity index (χ2n) is 4.96. The van der Waals surface area contributed by atoms with E-state index in [0.29, 0.717) is 28.8 Å². The molecule has 3 heterocycles. The molecule has 0 saturated carbocycles. The van der Waals surface area contributed by atoms with Crippen LogP contribution >= 0.6 is 11.8 Å². The van der Waals surface area contributed by atoms with Crippen molar-refractivity contribution in [2.24, 2.45) is 0 Å². The van der Waals surface area contributed by atoms with Crippen LogP contribution in [0.25, 0.3) is 11.5 Å². The van der Waals surface area contributed by atoms with Crippen molar-refractivity contribution in [2.75, 3.05) is 18.9 Å². The molecule has 0 aliphatic carbocycles. The topological polar surface area (TPSA) is 77.2 Å². The summed E-state index contributed by atoms with van der Waals surface area (Å²) in [6.07, 6.45) is 3.86. The molecule has 0 radical (unpaired) electrons. The molecule has 1 N–H and O–H groups in total. The van der Waals surface area contributed by atoms with Gasteiger partial charge in [0.2, 0.25) is 5.91 Å². The van der Waals surface area contributed by atoms with E-state index < -0.39 is 0 Å². The molecule has 116 valence electrons. The lowest BCUT2D eigenvalue weighted by Gasteiger charge is -2.10. The molecule has 1 aliphatic rings. The fourth-order valence-corrected chi connectivity index (χ4v) is 2.82. The Morgan fingerprint density at radius 1 is 1.36 bits per heavy atom. The average molecular weight is 319 g/mol. The van der Waals surface area contributed by atoms with Gasteiger partial charge in [-0.1, -0.05) is 11.8 Å². The Kier molecular flexibility index (Phi) is 5.07. The van der Waals surface area contributed by atoms with E-state index in [1.807, 2.05) is 18.2 Å². The molecule has 1 aliphatic heterocycles. The quantitative estimate of drug-likeness (QED) is 0.822. The van der Waals surface area contributed by atoms with Crippen molar-refractivity contribution in [3.8, 4) is 11.5 Å². The minimum absolute atomic E-state index is 0.0163. The molecule has 22 heavy (non-hydrogen) atoms. The summed E-state index contributed by atoms with van der Waals surface area (Å²) in [7, 11) is 0. The van der Waals surface area contributed by atoms with E-state index in [-0.39, 0.29) is 12.0 Å². The van der Waals surface area contributed by atoms with Gasteiger partial charge in [0, 0.05) is 13.2 Å². The maximum atomic E-state index is 11.8. The molecule has 0 aromatic carbocycles. The third-order valence-electron chi connectivity index (χ3n) is 3.32. The second kappa shape index (κ2) is 7.42. The van der Waals surface area contributed by atoms with Crippen molar-refractivity contribution in [3.63, 3.8) is 0 Å². The van der Waals surface area contributed by atoms with Gasteiger partial charge < -0.3 is 14.5 Å². The third-order valence-corrected chi connectivity index (χ3v) is 4.24. The molecule has 1 fully saturated rings. The van der Waals surface area contributed by atoms with Gasteiger partial charge in [-0.25, -0.2) is 0 Å². The van der Waals surface area contributed by atoms with Crippen molar-refractivity contribution < 1.29 is 13.9 Å². The van der Waals surface area contributed by atoms with Gasteiger partial charge in [0.25, 0.3) is 0 Å². The molecule has 1 amide bonds. The number of rotatable bonds is 6. The van der Waals surface area contributed by atoms with Crippen LogP contribution in [-0.2, 0) is 9.53 Å². The largest absolute Gasteiger partial charge is 0.463 e. The Labute approximate surface area is 132 Å².